The highest BCUT2D eigenvalue weighted by molar-refractivity contribution is 5.99. The van der Waals surface area contributed by atoms with E-state index < -0.39 is 40.7 Å². The Kier molecular flexibility index (Phi) is 4.12. The third kappa shape index (κ3) is 3.50. The Bertz CT molecular complexity index is 535. The molecule has 1 rings (SSSR count). The zero-order valence-corrected chi connectivity index (χ0v) is 9.93. The molecule has 0 fully saturated rings. The Labute approximate surface area is 109 Å². The Morgan fingerprint density at radius 1 is 1.05 bits per heavy atom. The molecule has 108 valence electrons. The van der Waals surface area contributed by atoms with Crippen LogP contribution in [0.2, 0.25) is 0 Å². The molecule has 0 radical (unpaired) electrons. The molecule has 0 amide bonds. The minimum Gasteiger partial charge on any atom is -0.293 e. The zero-order chi connectivity index (χ0) is 15.7. The van der Waals surface area contributed by atoms with E-state index in [4.69, 9.17) is 5.26 Å². The third-order valence-electron chi connectivity index (χ3n) is 2.46. The molecule has 0 aliphatic heterocycles. The number of hydrogen-bond donors (Lipinski definition) is 0. The number of nitriles is 1. The maximum atomic E-state index is 12.5. The smallest absolute Gasteiger partial charge is 0.293 e. The van der Waals surface area contributed by atoms with Crippen LogP contribution in [0.4, 0.5) is 26.3 Å². The average molecular weight is 295 g/mol. The average Bonchev–Trinajstić information content (AvgIpc) is 2.34. The number of Topliss-reactive ketones (excluding diaryl/α,β-unsaturated/α-hetero) is 1. The molecule has 1 aromatic rings. The van der Waals surface area contributed by atoms with Crippen molar-refractivity contribution in [3.63, 3.8) is 0 Å². The van der Waals surface area contributed by atoms with Crippen molar-refractivity contribution in [2.75, 3.05) is 0 Å². The lowest BCUT2D eigenvalue weighted by molar-refractivity contribution is -0.143. The summed E-state index contributed by atoms with van der Waals surface area (Å²) in [6.45, 7) is 1.09. The van der Waals surface area contributed by atoms with E-state index >= 15 is 0 Å². The van der Waals surface area contributed by atoms with Crippen LogP contribution in [0.3, 0.4) is 0 Å². The molecular formula is C12H7F6NO. The summed E-state index contributed by atoms with van der Waals surface area (Å²) in [4.78, 5) is 11.6. The summed E-state index contributed by atoms with van der Waals surface area (Å²) in [6.07, 6.45) is -10.0. The van der Waals surface area contributed by atoms with Gasteiger partial charge in [0.05, 0.1) is 17.2 Å². The van der Waals surface area contributed by atoms with E-state index in [-0.39, 0.29) is 6.07 Å². The van der Waals surface area contributed by atoms with Gasteiger partial charge < -0.3 is 0 Å². The van der Waals surface area contributed by atoms with Crippen molar-refractivity contribution in [3.05, 3.63) is 34.9 Å². The number of rotatable bonds is 2. The molecule has 0 saturated heterocycles. The lowest BCUT2D eigenvalue weighted by atomic mass is 9.96. The number of carbonyl (C=O) groups excluding carboxylic acids is 1. The fourth-order valence-electron chi connectivity index (χ4n) is 1.41. The predicted molar refractivity (Wildman–Crippen MR) is 55.6 cm³/mol. The van der Waals surface area contributed by atoms with Crippen molar-refractivity contribution in [1.29, 1.82) is 5.26 Å². The minimum atomic E-state index is -5.02. The monoisotopic (exact) mass is 295 g/mol. The first-order valence-corrected chi connectivity index (χ1v) is 5.20. The molecule has 2 nitrogen and oxygen atoms in total. The summed E-state index contributed by atoms with van der Waals surface area (Å²) in [5.74, 6) is -2.43. The first-order chi connectivity index (χ1) is 8.96. The summed E-state index contributed by atoms with van der Waals surface area (Å²) < 4.78 is 75.2. The standard InChI is InChI=1S/C12H7F6NO/c1-6(5-19)10(20)7-2-8(11(13,14)15)4-9(3-7)12(16,17)18/h2-4,6H,1H3. The first kappa shape index (κ1) is 16.0. The predicted octanol–water partition coefficient (Wildman–Crippen LogP) is 4.07. The van der Waals surface area contributed by atoms with Crippen molar-refractivity contribution in [3.8, 4) is 6.07 Å². The SMILES string of the molecule is CC(C#N)C(=O)c1cc(C(F)(F)F)cc(C(F)(F)F)c1. The highest BCUT2D eigenvalue weighted by Gasteiger charge is 2.37. The lowest BCUT2D eigenvalue weighted by Gasteiger charge is -2.14. The van der Waals surface area contributed by atoms with Crippen LogP contribution in [0.1, 0.15) is 28.4 Å². The molecule has 0 bridgehead atoms. The van der Waals surface area contributed by atoms with Crippen LogP contribution < -0.4 is 0 Å². The number of hydrogen-bond acceptors (Lipinski definition) is 2. The molecule has 0 saturated carbocycles. The van der Waals surface area contributed by atoms with E-state index in [1.54, 1.807) is 0 Å². The van der Waals surface area contributed by atoms with Crippen LogP contribution >= 0.6 is 0 Å². The van der Waals surface area contributed by atoms with Gasteiger partial charge in [-0.15, -0.1) is 0 Å². The zero-order valence-electron chi connectivity index (χ0n) is 9.93. The molecule has 0 spiro atoms. The molecule has 1 atom stereocenters. The van der Waals surface area contributed by atoms with Crippen molar-refractivity contribution in [2.45, 2.75) is 19.3 Å². The van der Waals surface area contributed by atoms with Crippen LogP contribution in [-0.2, 0) is 12.4 Å². The fourth-order valence-corrected chi connectivity index (χ4v) is 1.41. The number of benzene rings is 1. The highest BCUT2D eigenvalue weighted by atomic mass is 19.4. The number of alkyl halides is 6. The van der Waals surface area contributed by atoms with Crippen molar-refractivity contribution < 1.29 is 31.1 Å². The second kappa shape index (κ2) is 5.15. The Balaban J connectivity index is 3.47. The summed E-state index contributed by atoms with van der Waals surface area (Å²) in [7, 11) is 0. The van der Waals surface area contributed by atoms with Gasteiger partial charge in [-0.05, 0) is 25.1 Å². The highest BCUT2D eigenvalue weighted by Crippen LogP contribution is 2.36. The van der Waals surface area contributed by atoms with Gasteiger partial charge in [0.2, 0.25) is 0 Å². The molecule has 0 aliphatic carbocycles. The number of ketones is 1. The van der Waals surface area contributed by atoms with Crippen molar-refractivity contribution in [1.82, 2.24) is 0 Å². The fraction of sp³-hybridized carbons (Fsp3) is 0.333. The molecular weight excluding hydrogens is 288 g/mol. The van der Waals surface area contributed by atoms with Gasteiger partial charge in [-0.3, -0.25) is 4.79 Å². The topological polar surface area (TPSA) is 40.9 Å². The van der Waals surface area contributed by atoms with Gasteiger partial charge in [-0.2, -0.15) is 31.6 Å². The normalized spacial score (nSPS) is 13.7. The minimum absolute atomic E-state index is 0.0756. The quantitative estimate of drug-likeness (QED) is 0.609. The van der Waals surface area contributed by atoms with Crippen LogP contribution in [0, 0.1) is 17.2 Å². The molecule has 0 aliphatic rings. The molecule has 0 heterocycles. The summed E-state index contributed by atoms with van der Waals surface area (Å²) in [5, 5.41) is 8.51. The summed E-state index contributed by atoms with van der Waals surface area (Å²) in [5.41, 5.74) is -3.96. The van der Waals surface area contributed by atoms with E-state index in [2.05, 4.69) is 0 Å². The molecule has 1 unspecified atom stereocenters. The molecule has 1 aromatic carbocycles. The largest absolute Gasteiger partial charge is 0.416 e. The van der Waals surface area contributed by atoms with Gasteiger partial charge >= 0.3 is 12.4 Å². The van der Waals surface area contributed by atoms with E-state index in [1.165, 1.54) is 6.07 Å². The number of carbonyl (C=O) groups is 1. The van der Waals surface area contributed by atoms with E-state index in [0.29, 0.717) is 12.1 Å². The first-order valence-electron chi connectivity index (χ1n) is 5.20. The Hall–Kier alpha value is -2.04. The van der Waals surface area contributed by atoms with Gasteiger partial charge in [0.25, 0.3) is 0 Å². The maximum Gasteiger partial charge on any atom is 0.416 e. The Morgan fingerprint density at radius 3 is 1.75 bits per heavy atom. The van der Waals surface area contributed by atoms with Gasteiger partial charge in [0.1, 0.15) is 5.92 Å². The molecule has 20 heavy (non-hydrogen) atoms. The van der Waals surface area contributed by atoms with E-state index in [1.807, 2.05) is 0 Å². The molecule has 0 aromatic heterocycles. The van der Waals surface area contributed by atoms with Crippen LogP contribution in [0.5, 0.6) is 0 Å². The van der Waals surface area contributed by atoms with E-state index in [0.717, 1.165) is 6.92 Å². The summed E-state index contributed by atoms with van der Waals surface area (Å²) in [6, 6.07) is 2.01. The second-order valence-electron chi connectivity index (χ2n) is 4.01. The van der Waals surface area contributed by atoms with Crippen LogP contribution in [0.25, 0.3) is 0 Å². The van der Waals surface area contributed by atoms with Crippen molar-refractivity contribution in [2.24, 2.45) is 5.92 Å². The molecule has 8 heteroatoms. The van der Waals surface area contributed by atoms with Crippen LogP contribution in [0.15, 0.2) is 18.2 Å². The van der Waals surface area contributed by atoms with Gasteiger partial charge in [0, 0.05) is 5.56 Å². The lowest BCUT2D eigenvalue weighted by Crippen LogP contribution is -2.16. The number of halogens is 6. The van der Waals surface area contributed by atoms with Crippen LogP contribution in [-0.4, -0.2) is 5.78 Å². The summed E-state index contributed by atoms with van der Waals surface area (Å²) >= 11 is 0. The van der Waals surface area contributed by atoms with Crippen molar-refractivity contribution >= 4 is 5.78 Å². The van der Waals surface area contributed by atoms with E-state index in [9.17, 15) is 31.1 Å². The second-order valence-corrected chi connectivity index (χ2v) is 4.01. The Morgan fingerprint density at radius 2 is 1.45 bits per heavy atom. The third-order valence-corrected chi connectivity index (χ3v) is 2.46. The van der Waals surface area contributed by atoms with Gasteiger partial charge in [0.15, 0.2) is 5.78 Å². The van der Waals surface area contributed by atoms with Gasteiger partial charge in [-0.25, -0.2) is 0 Å². The maximum absolute atomic E-state index is 12.5. The molecule has 0 N–H and O–H groups in total. The number of nitrogens with zero attached hydrogens (tertiary/aromatic N) is 1. The van der Waals surface area contributed by atoms with Gasteiger partial charge in [-0.1, -0.05) is 0 Å².